The van der Waals surface area contributed by atoms with Gasteiger partial charge in [-0.1, -0.05) is 17.4 Å². The molecule has 0 atom stereocenters. The molecule has 0 amide bonds. The third-order valence-electron chi connectivity index (χ3n) is 2.43. The summed E-state index contributed by atoms with van der Waals surface area (Å²) in [7, 11) is 0. The van der Waals surface area contributed by atoms with E-state index in [1.807, 2.05) is 12.1 Å². The molecule has 3 aromatic rings. The second kappa shape index (κ2) is 4.19. The van der Waals surface area contributed by atoms with Gasteiger partial charge in [-0.25, -0.2) is 15.0 Å². The first-order valence-electron chi connectivity index (χ1n) is 5.29. The maximum atomic E-state index is 5.87. The van der Waals surface area contributed by atoms with Crippen molar-refractivity contribution in [3.8, 4) is 0 Å². The summed E-state index contributed by atoms with van der Waals surface area (Å²) < 4.78 is 0.738. The van der Waals surface area contributed by atoms with Gasteiger partial charge < -0.3 is 11.5 Å². The van der Waals surface area contributed by atoms with Crippen LogP contribution < -0.4 is 11.5 Å². The summed E-state index contributed by atoms with van der Waals surface area (Å²) in [6.45, 7) is 0. The van der Waals surface area contributed by atoms with Crippen molar-refractivity contribution in [2.45, 2.75) is 6.42 Å². The molecule has 6 nitrogen and oxygen atoms in total. The quantitative estimate of drug-likeness (QED) is 0.716. The molecular weight excluding hydrogens is 248 g/mol. The predicted octanol–water partition coefficient (Wildman–Crippen LogP) is 1.24. The minimum atomic E-state index is 0.424. The first kappa shape index (κ1) is 10.8. The number of anilines is 2. The van der Waals surface area contributed by atoms with Gasteiger partial charge in [0.25, 0.3) is 0 Å². The Morgan fingerprint density at radius 3 is 2.83 bits per heavy atom. The van der Waals surface area contributed by atoms with Crippen LogP contribution in [0.1, 0.15) is 11.4 Å². The molecule has 0 aliphatic carbocycles. The number of nitrogen functional groups attached to an aromatic ring is 2. The molecule has 3 rings (SSSR count). The molecule has 0 radical (unpaired) electrons. The average molecular weight is 258 g/mol. The summed E-state index contributed by atoms with van der Waals surface area (Å²) in [6.07, 6.45) is 4.08. The fraction of sp³-hybridized carbons (Fsp3) is 0.0909. The zero-order valence-corrected chi connectivity index (χ0v) is 10.2. The van der Waals surface area contributed by atoms with E-state index in [0.29, 0.717) is 28.8 Å². The molecule has 3 heterocycles. The van der Waals surface area contributed by atoms with Crippen LogP contribution >= 0.6 is 11.3 Å². The maximum absolute atomic E-state index is 5.87. The topological polar surface area (TPSA) is 104 Å². The molecule has 0 unspecified atom stereocenters. The second-order valence-electron chi connectivity index (χ2n) is 3.77. The molecule has 4 N–H and O–H groups in total. The Morgan fingerprint density at radius 2 is 2.06 bits per heavy atom. The average Bonchev–Trinajstić information content (AvgIpc) is 2.72. The van der Waals surface area contributed by atoms with Crippen molar-refractivity contribution in [1.29, 1.82) is 0 Å². The van der Waals surface area contributed by atoms with Gasteiger partial charge in [-0.3, -0.25) is 4.98 Å². The highest BCUT2D eigenvalue weighted by molar-refractivity contribution is 7.22. The Kier molecular flexibility index (Phi) is 2.52. The van der Waals surface area contributed by atoms with Crippen molar-refractivity contribution in [1.82, 2.24) is 19.9 Å². The van der Waals surface area contributed by atoms with Gasteiger partial charge in [0, 0.05) is 18.8 Å². The third kappa shape index (κ3) is 1.95. The van der Waals surface area contributed by atoms with Crippen LogP contribution in [-0.2, 0) is 6.42 Å². The summed E-state index contributed by atoms with van der Waals surface area (Å²) >= 11 is 1.30. The third-order valence-corrected chi connectivity index (χ3v) is 3.32. The number of nitrogens with two attached hydrogens (primary N) is 2. The highest BCUT2D eigenvalue weighted by Crippen LogP contribution is 2.26. The van der Waals surface area contributed by atoms with Gasteiger partial charge in [0.1, 0.15) is 16.3 Å². The summed E-state index contributed by atoms with van der Waals surface area (Å²) in [4.78, 5) is 16.8. The number of rotatable bonds is 2. The lowest BCUT2D eigenvalue weighted by Crippen LogP contribution is -2.01. The lowest BCUT2D eigenvalue weighted by molar-refractivity contribution is 0.984. The van der Waals surface area contributed by atoms with E-state index < -0.39 is 0 Å². The summed E-state index contributed by atoms with van der Waals surface area (Å²) in [5, 5.41) is 0.449. The monoisotopic (exact) mass is 258 g/mol. The Morgan fingerprint density at radius 1 is 1.17 bits per heavy atom. The number of fused-ring (bicyclic) bond motifs is 1. The van der Waals surface area contributed by atoms with Crippen molar-refractivity contribution in [2.75, 3.05) is 11.5 Å². The zero-order valence-electron chi connectivity index (χ0n) is 9.37. The number of aromatic nitrogens is 4. The first-order chi connectivity index (χ1) is 8.72. The fourth-order valence-electron chi connectivity index (χ4n) is 1.67. The molecule has 0 fully saturated rings. The number of thiazole rings is 1. The van der Waals surface area contributed by atoms with Crippen molar-refractivity contribution >= 4 is 32.6 Å². The summed E-state index contributed by atoms with van der Waals surface area (Å²) in [6, 6.07) is 3.84. The molecular formula is C11H10N6S. The molecule has 18 heavy (non-hydrogen) atoms. The fourth-order valence-corrected chi connectivity index (χ4v) is 2.35. The summed E-state index contributed by atoms with van der Waals surface area (Å²) in [5.41, 5.74) is 13.1. The van der Waals surface area contributed by atoms with Crippen molar-refractivity contribution in [2.24, 2.45) is 0 Å². The van der Waals surface area contributed by atoms with Gasteiger partial charge >= 0.3 is 0 Å². The molecule has 0 bridgehead atoms. The van der Waals surface area contributed by atoms with Crippen LogP contribution in [0.4, 0.5) is 10.9 Å². The van der Waals surface area contributed by atoms with Crippen molar-refractivity contribution in [3.63, 3.8) is 0 Å². The maximum Gasteiger partial charge on any atom is 0.182 e. The van der Waals surface area contributed by atoms with E-state index in [-0.39, 0.29) is 0 Å². The lowest BCUT2D eigenvalue weighted by Gasteiger charge is -2.01. The van der Waals surface area contributed by atoms with Crippen LogP contribution in [0.15, 0.2) is 24.5 Å². The number of hydrogen-bond donors (Lipinski definition) is 2. The molecule has 7 heteroatoms. The molecule has 0 saturated carbocycles. The number of nitrogens with zero attached hydrogens (tertiary/aromatic N) is 4. The Labute approximate surface area is 107 Å². The van der Waals surface area contributed by atoms with Gasteiger partial charge in [-0.2, -0.15) is 0 Å². The van der Waals surface area contributed by atoms with E-state index >= 15 is 0 Å². The molecule has 0 saturated heterocycles. The SMILES string of the molecule is Nc1nc2nc(Cc3cccnc3)nc(N)c2s1. The van der Waals surface area contributed by atoms with E-state index in [2.05, 4.69) is 19.9 Å². The first-order valence-corrected chi connectivity index (χ1v) is 6.11. The largest absolute Gasteiger partial charge is 0.382 e. The normalized spacial score (nSPS) is 10.9. The lowest BCUT2D eigenvalue weighted by atomic mass is 10.2. The van der Waals surface area contributed by atoms with E-state index in [4.69, 9.17) is 11.5 Å². The minimum Gasteiger partial charge on any atom is -0.382 e. The second-order valence-corrected chi connectivity index (χ2v) is 4.80. The molecule has 0 aliphatic heterocycles. The Hall–Kier alpha value is -2.28. The standard InChI is InChI=1S/C11H10N6S/c12-9-8-10(17-11(13)18-8)16-7(15-9)4-6-2-1-3-14-5-6/h1-3,5H,4H2,(H4,12,13,15,16,17). The minimum absolute atomic E-state index is 0.424. The number of hydrogen-bond acceptors (Lipinski definition) is 7. The van der Waals surface area contributed by atoms with Gasteiger partial charge in [0.15, 0.2) is 10.8 Å². The van der Waals surface area contributed by atoms with E-state index in [9.17, 15) is 0 Å². The van der Waals surface area contributed by atoms with Crippen LogP contribution in [0.25, 0.3) is 10.3 Å². The molecule has 0 aliphatic rings. The van der Waals surface area contributed by atoms with Crippen LogP contribution in [0.3, 0.4) is 0 Å². The van der Waals surface area contributed by atoms with Crippen LogP contribution in [-0.4, -0.2) is 19.9 Å². The van der Waals surface area contributed by atoms with Crippen LogP contribution in [0.2, 0.25) is 0 Å². The van der Waals surface area contributed by atoms with E-state index in [1.165, 1.54) is 11.3 Å². The Balaban J connectivity index is 2.02. The molecule has 90 valence electrons. The van der Waals surface area contributed by atoms with Crippen LogP contribution in [0.5, 0.6) is 0 Å². The van der Waals surface area contributed by atoms with Crippen molar-refractivity contribution in [3.05, 3.63) is 35.9 Å². The van der Waals surface area contributed by atoms with Crippen molar-refractivity contribution < 1.29 is 0 Å². The highest BCUT2D eigenvalue weighted by atomic mass is 32.1. The summed E-state index contributed by atoms with van der Waals surface area (Å²) in [5.74, 6) is 1.05. The molecule has 0 spiro atoms. The van der Waals surface area contributed by atoms with Gasteiger partial charge in [-0.05, 0) is 11.6 Å². The van der Waals surface area contributed by atoms with Crippen LogP contribution in [0, 0.1) is 0 Å². The Bertz CT molecular complexity index is 693. The number of pyridine rings is 1. The van der Waals surface area contributed by atoms with Gasteiger partial charge in [-0.15, -0.1) is 0 Å². The van der Waals surface area contributed by atoms with E-state index in [0.717, 1.165) is 10.3 Å². The highest BCUT2D eigenvalue weighted by Gasteiger charge is 2.10. The molecule has 3 aromatic heterocycles. The zero-order chi connectivity index (χ0) is 12.5. The van der Waals surface area contributed by atoms with Gasteiger partial charge in [0.2, 0.25) is 0 Å². The molecule has 0 aromatic carbocycles. The smallest absolute Gasteiger partial charge is 0.182 e. The predicted molar refractivity (Wildman–Crippen MR) is 71.1 cm³/mol. The van der Waals surface area contributed by atoms with Gasteiger partial charge in [0.05, 0.1) is 0 Å². The van der Waals surface area contributed by atoms with E-state index in [1.54, 1.807) is 12.4 Å².